The van der Waals surface area contributed by atoms with Crippen molar-refractivity contribution in [2.24, 2.45) is 11.8 Å². The number of hydrogen-bond acceptors (Lipinski definition) is 1. The van der Waals surface area contributed by atoms with Crippen LogP contribution in [0.4, 0.5) is 0 Å². The lowest BCUT2D eigenvalue weighted by Gasteiger charge is -2.19. The molecular weight excluding hydrogens is 196 g/mol. The summed E-state index contributed by atoms with van der Waals surface area (Å²) in [6.07, 6.45) is 7.39. The van der Waals surface area contributed by atoms with Crippen LogP contribution in [-0.2, 0) is 19.3 Å². The highest BCUT2D eigenvalue weighted by molar-refractivity contribution is 5.18. The standard InChI is InChI=1S/C14H24N2/c1-4-10(3)8-14-15-12-7-6-11(5-2)9-13(12)16-14/h10-11H,4-9H2,1-3H3,(H,15,16). The van der Waals surface area contributed by atoms with Crippen LogP contribution in [0.5, 0.6) is 0 Å². The highest BCUT2D eigenvalue weighted by Gasteiger charge is 2.21. The van der Waals surface area contributed by atoms with Gasteiger partial charge in [-0.05, 0) is 31.1 Å². The molecule has 1 aliphatic carbocycles. The van der Waals surface area contributed by atoms with Gasteiger partial charge in [-0.3, -0.25) is 0 Å². The molecule has 2 nitrogen and oxygen atoms in total. The lowest BCUT2D eigenvalue weighted by Crippen LogP contribution is -2.12. The van der Waals surface area contributed by atoms with Crippen molar-refractivity contribution < 1.29 is 0 Å². The predicted molar refractivity (Wildman–Crippen MR) is 67.6 cm³/mol. The van der Waals surface area contributed by atoms with E-state index in [0.717, 1.165) is 18.3 Å². The van der Waals surface area contributed by atoms with E-state index < -0.39 is 0 Å². The summed E-state index contributed by atoms with van der Waals surface area (Å²) < 4.78 is 0. The Balaban J connectivity index is 2.06. The Morgan fingerprint density at radius 3 is 2.94 bits per heavy atom. The summed E-state index contributed by atoms with van der Waals surface area (Å²) in [6, 6.07) is 0. The van der Waals surface area contributed by atoms with Crippen LogP contribution < -0.4 is 0 Å². The van der Waals surface area contributed by atoms with E-state index in [-0.39, 0.29) is 0 Å². The van der Waals surface area contributed by atoms with Gasteiger partial charge in [0.2, 0.25) is 0 Å². The van der Waals surface area contributed by atoms with Crippen LogP contribution in [0.3, 0.4) is 0 Å². The number of rotatable bonds is 4. The van der Waals surface area contributed by atoms with E-state index in [1.165, 1.54) is 49.3 Å². The van der Waals surface area contributed by atoms with Crippen molar-refractivity contribution in [2.45, 2.75) is 59.3 Å². The van der Waals surface area contributed by atoms with Crippen molar-refractivity contribution in [1.82, 2.24) is 9.97 Å². The van der Waals surface area contributed by atoms with Crippen LogP contribution in [0.2, 0.25) is 0 Å². The van der Waals surface area contributed by atoms with E-state index >= 15 is 0 Å². The average Bonchev–Trinajstić information content (AvgIpc) is 2.69. The van der Waals surface area contributed by atoms with Crippen molar-refractivity contribution in [1.29, 1.82) is 0 Å². The fourth-order valence-corrected chi connectivity index (χ4v) is 2.53. The van der Waals surface area contributed by atoms with Gasteiger partial charge in [-0.1, -0.05) is 33.6 Å². The average molecular weight is 220 g/mol. The molecule has 0 amide bonds. The topological polar surface area (TPSA) is 28.7 Å². The van der Waals surface area contributed by atoms with E-state index in [0.29, 0.717) is 0 Å². The van der Waals surface area contributed by atoms with Crippen LogP contribution >= 0.6 is 0 Å². The normalized spacial score (nSPS) is 21.8. The number of aryl methyl sites for hydroxylation is 1. The van der Waals surface area contributed by atoms with Gasteiger partial charge in [-0.2, -0.15) is 0 Å². The van der Waals surface area contributed by atoms with E-state index in [1.54, 1.807) is 0 Å². The zero-order valence-electron chi connectivity index (χ0n) is 10.8. The van der Waals surface area contributed by atoms with Crippen molar-refractivity contribution in [2.75, 3.05) is 0 Å². The van der Waals surface area contributed by atoms with Crippen LogP contribution in [0.15, 0.2) is 0 Å². The monoisotopic (exact) mass is 220 g/mol. The summed E-state index contributed by atoms with van der Waals surface area (Å²) in [5.74, 6) is 2.84. The zero-order valence-corrected chi connectivity index (χ0v) is 10.8. The number of nitrogens with one attached hydrogen (secondary N) is 1. The highest BCUT2D eigenvalue weighted by atomic mass is 14.9. The summed E-state index contributed by atoms with van der Waals surface area (Å²) in [5, 5.41) is 0. The molecular formula is C14H24N2. The maximum Gasteiger partial charge on any atom is 0.106 e. The Morgan fingerprint density at radius 2 is 2.25 bits per heavy atom. The third-order valence-electron chi connectivity index (χ3n) is 4.01. The van der Waals surface area contributed by atoms with Gasteiger partial charge < -0.3 is 4.98 Å². The van der Waals surface area contributed by atoms with E-state index in [9.17, 15) is 0 Å². The second-order valence-electron chi connectivity index (χ2n) is 5.34. The quantitative estimate of drug-likeness (QED) is 0.826. The summed E-state index contributed by atoms with van der Waals surface area (Å²) in [6.45, 7) is 6.85. The fourth-order valence-electron chi connectivity index (χ4n) is 2.53. The molecule has 0 saturated carbocycles. The van der Waals surface area contributed by atoms with Crippen LogP contribution in [0, 0.1) is 11.8 Å². The third kappa shape index (κ3) is 2.47. The third-order valence-corrected chi connectivity index (χ3v) is 4.01. The SMILES string of the molecule is CCC(C)Cc1nc2c([nH]1)CC(CC)CC2. The molecule has 0 bridgehead atoms. The minimum atomic E-state index is 0.745. The van der Waals surface area contributed by atoms with Crippen LogP contribution in [0.25, 0.3) is 0 Å². The van der Waals surface area contributed by atoms with Gasteiger partial charge in [0.25, 0.3) is 0 Å². The Bertz CT molecular complexity index is 341. The van der Waals surface area contributed by atoms with Crippen molar-refractivity contribution in [3.8, 4) is 0 Å². The molecule has 2 unspecified atom stereocenters. The Morgan fingerprint density at radius 1 is 1.44 bits per heavy atom. The molecule has 1 aromatic rings. The fraction of sp³-hybridized carbons (Fsp3) is 0.786. The largest absolute Gasteiger partial charge is 0.346 e. The zero-order chi connectivity index (χ0) is 11.5. The number of hydrogen-bond donors (Lipinski definition) is 1. The lowest BCUT2D eigenvalue weighted by atomic mass is 9.88. The molecule has 1 N–H and O–H groups in total. The lowest BCUT2D eigenvalue weighted by molar-refractivity contribution is 0.438. The van der Waals surface area contributed by atoms with Gasteiger partial charge in [0.05, 0.1) is 5.69 Å². The first-order valence-electron chi connectivity index (χ1n) is 6.79. The van der Waals surface area contributed by atoms with Gasteiger partial charge in [-0.25, -0.2) is 4.98 Å². The molecule has 2 heteroatoms. The van der Waals surface area contributed by atoms with Gasteiger partial charge >= 0.3 is 0 Å². The number of aromatic nitrogens is 2. The molecule has 0 aromatic carbocycles. The van der Waals surface area contributed by atoms with Crippen molar-refractivity contribution >= 4 is 0 Å². The Labute approximate surface area is 98.9 Å². The van der Waals surface area contributed by atoms with Crippen molar-refractivity contribution in [3.05, 3.63) is 17.2 Å². The number of nitrogens with zero attached hydrogens (tertiary/aromatic N) is 1. The van der Waals surface area contributed by atoms with E-state index in [4.69, 9.17) is 4.98 Å². The van der Waals surface area contributed by atoms with Gasteiger partial charge in [0.1, 0.15) is 5.82 Å². The van der Waals surface area contributed by atoms with Gasteiger partial charge in [0.15, 0.2) is 0 Å². The molecule has 16 heavy (non-hydrogen) atoms. The first-order chi connectivity index (χ1) is 7.72. The first kappa shape index (κ1) is 11.7. The second-order valence-corrected chi connectivity index (χ2v) is 5.34. The highest BCUT2D eigenvalue weighted by Crippen LogP contribution is 2.26. The number of imidazole rings is 1. The summed E-state index contributed by atoms with van der Waals surface area (Å²) >= 11 is 0. The maximum absolute atomic E-state index is 4.75. The van der Waals surface area contributed by atoms with Gasteiger partial charge in [-0.15, -0.1) is 0 Å². The van der Waals surface area contributed by atoms with Crippen LogP contribution in [0.1, 0.15) is 57.2 Å². The van der Waals surface area contributed by atoms with E-state index in [2.05, 4.69) is 25.8 Å². The Hall–Kier alpha value is -0.790. The second kappa shape index (κ2) is 5.03. The molecule has 0 aliphatic heterocycles. The predicted octanol–water partition coefficient (Wildman–Crippen LogP) is 3.51. The number of aromatic amines is 1. The van der Waals surface area contributed by atoms with Crippen molar-refractivity contribution in [3.63, 3.8) is 0 Å². The molecule has 0 fully saturated rings. The van der Waals surface area contributed by atoms with E-state index in [1.807, 2.05) is 0 Å². The summed E-state index contributed by atoms with van der Waals surface area (Å²) in [7, 11) is 0. The summed E-state index contributed by atoms with van der Waals surface area (Å²) in [5.41, 5.74) is 2.78. The molecule has 0 radical (unpaired) electrons. The molecule has 1 heterocycles. The molecule has 1 aliphatic rings. The molecule has 2 atom stereocenters. The first-order valence-corrected chi connectivity index (χ1v) is 6.79. The smallest absolute Gasteiger partial charge is 0.106 e. The molecule has 0 saturated heterocycles. The van der Waals surface area contributed by atoms with Gasteiger partial charge in [0, 0.05) is 12.1 Å². The summed E-state index contributed by atoms with van der Waals surface area (Å²) in [4.78, 5) is 8.30. The minimum Gasteiger partial charge on any atom is -0.346 e. The van der Waals surface area contributed by atoms with Crippen LogP contribution in [-0.4, -0.2) is 9.97 Å². The molecule has 90 valence electrons. The maximum atomic E-state index is 4.75. The molecule has 0 spiro atoms. The molecule has 2 rings (SSSR count). The minimum absolute atomic E-state index is 0.745. The number of H-pyrrole nitrogens is 1. The Kier molecular flexibility index (Phi) is 3.67. The number of fused-ring (bicyclic) bond motifs is 1. The molecule has 1 aromatic heterocycles.